The average Bonchev–Trinajstić information content (AvgIpc) is 2.68. The number of carbonyl (C=O) groups excluding carboxylic acids is 1. The minimum Gasteiger partial charge on any atom is -0.321 e. The summed E-state index contributed by atoms with van der Waals surface area (Å²) in [5.41, 5.74) is -2.52. The van der Waals surface area contributed by atoms with Crippen molar-refractivity contribution in [2.45, 2.75) is 31.3 Å². The fourth-order valence-corrected chi connectivity index (χ4v) is 5.72. The highest BCUT2D eigenvalue weighted by molar-refractivity contribution is 7.89. The van der Waals surface area contributed by atoms with Crippen molar-refractivity contribution < 1.29 is 30.8 Å². The second-order valence-electron chi connectivity index (χ2n) is 8.05. The highest BCUT2D eigenvalue weighted by Gasteiger charge is 2.35. The number of amides is 1. The molecule has 1 fully saturated rings. The zero-order valence-electron chi connectivity index (χ0n) is 17.2. The van der Waals surface area contributed by atoms with E-state index in [0.717, 1.165) is 36.8 Å². The average molecular weight is 493 g/mol. The van der Waals surface area contributed by atoms with E-state index < -0.39 is 44.7 Å². The summed E-state index contributed by atoms with van der Waals surface area (Å²) in [5, 5.41) is 1.81. The van der Waals surface area contributed by atoms with Gasteiger partial charge in [0.05, 0.1) is 21.7 Å². The number of piperidine rings is 1. The molecule has 0 bridgehead atoms. The van der Waals surface area contributed by atoms with Gasteiger partial charge < -0.3 is 5.32 Å². The van der Waals surface area contributed by atoms with Gasteiger partial charge in [0.15, 0.2) is 0 Å². The molecular weight excluding hydrogens is 472 g/mol. The van der Waals surface area contributed by atoms with Crippen LogP contribution in [0.2, 0.25) is 5.02 Å². The third kappa shape index (κ3) is 5.24. The van der Waals surface area contributed by atoms with Crippen LogP contribution in [0.4, 0.5) is 23.2 Å². The second kappa shape index (κ2) is 8.99. The first-order valence-electron chi connectivity index (χ1n) is 9.77. The Morgan fingerprint density at radius 3 is 2.31 bits per heavy atom. The first kappa shape index (κ1) is 24.5. The van der Waals surface area contributed by atoms with Crippen molar-refractivity contribution in [1.82, 2.24) is 4.31 Å². The summed E-state index contributed by atoms with van der Waals surface area (Å²) in [5.74, 6) is -2.03. The molecule has 2 atom stereocenters. The Morgan fingerprint density at radius 2 is 1.72 bits per heavy atom. The third-order valence-corrected chi connectivity index (χ3v) is 7.25. The van der Waals surface area contributed by atoms with Gasteiger partial charge in [0.25, 0.3) is 5.91 Å². The number of nitrogens with one attached hydrogen (secondary N) is 1. The van der Waals surface area contributed by atoms with Crippen molar-refractivity contribution in [2.75, 3.05) is 18.4 Å². The number of alkyl halides is 3. The molecule has 3 rings (SSSR count). The maximum atomic E-state index is 14.4. The van der Waals surface area contributed by atoms with E-state index in [1.165, 1.54) is 4.31 Å². The van der Waals surface area contributed by atoms with E-state index in [1.54, 1.807) is 0 Å². The lowest BCUT2D eigenvalue weighted by atomic mass is 9.94. The topological polar surface area (TPSA) is 66.5 Å². The minimum atomic E-state index is -4.82. The number of hydrogen-bond acceptors (Lipinski definition) is 3. The van der Waals surface area contributed by atoms with Crippen LogP contribution >= 0.6 is 11.6 Å². The van der Waals surface area contributed by atoms with Gasteiger partial charge in [-0.3, -0.25) is 4.79 Å². The molecule has 0 aliphatic carbocycles. The summed E-state index contributed by atoms with van der Waals surface area (Å²) in [6.45, 7) is 4.41. The molecule has 0 spiro atoms. The number of rotatable bonds is 4. The molecule has 1 amide bonds. The Bertz CT molecular complexity index is 1130. The maximum absolute atomic E-state index is 14.4. The van der Waals surface area contributed by atoms with Crippen LogP contribution in [0.25, 0.3) is 0 Å². The highest BCUT2D eigenvalue weighted by Crippen LogP contribution is 2.37. The van der Waals surface area contributed by atoms with Crippen LogP contribution in [0.1, 0.15) is 36.2 Å². The summed E-state index contributed by atoms with van der Waals surface area (Å²) in [7, 11) is -4.02. The Kier molecular flexibility index (Phi) is 6.88. The first-order valence-corrected chi connectivity index (χ1v) is 11.6. The monoisotopic (exact) mass is 492 g/mol. The van der Waals surface area contributed by atoms with Crippen molar-refractivity contribution in [2.24, 2.45) is 11.8 Å². The summed E-state index contributed by atoms with van der Waals surface area (Å²) in [4.78, 5) is 12.3. The standard InChI is InChI=1S/C21H21ClF4N2O3S/c1-12-7-13(2)11-28(10-12)32(30,31)15-4-5-18(23)16(9-15)20(29)27-19-6-3-14(22)8-17(19)21(24,25)26/h3-6,8-9,12-13H,7,10-11H2,1-2H3,(H,27,29)/t12-,13+. The predicted molar refractivity (Wildman–Crippen MR) is 113 cm³/mol. The lowest BCUT2D eigenvalue weighted by Crippen LogP contribution is -2.42. The van der Waals surface area contributed by atoms with E-state index in [4.69, 9.17) is 11.6 Å². The predicted octanol–water partition coefficient (Wildman–Crippen LogP) is 5.42. The molecule has 0 unspecified atom stereocenters. The van der Waals surface area contributed by atoms with Gasteiger partial charge >= 0.3 is 6.18 Å². The van der Waals surface area contributed by atoms with Crippen LogP contribution in [-0.2, 0) is 16.2 Å². The van der Waals surface area contributed by atoms with E-state index in [1.807, 2.05) is 19.2 Å². The maximum Gasteiger partial charge on any atom is 0.418 e. The number of benzene rings is 2. The smallest absolute Gasteiger partial charge is 0.321 e. The molecule has 2 aromatic rings. The number of hydrogen-bond donors (Lipinski definition) is 1. The fourth-order valence-electron chi connectivity index (χ4n) is 3.84. The molecule has 1 aliphatic heterocycles. The van der Waals surface area contributed by atoms with E-state index in [9.17, 15) is 30.8 Å². The Hall–Kier alpha value is -2.17. The van der Waals surface area contributed by atoms with Crippen molar-refractivity contribution in [3.05, 3.63) is 58.4 Å². The Labute approximate surface area is 188 Å². The summed E-state index contributed by atoms with van der Waals surface area (Å²) < 4.78 is 81.6. The fraction of sp³-hybridized carbons (Fsp3) is 0.381. The normalized spacial score (nSPS) is 20.2. The lowest BCUT2D eigenvalue weighted by Gasteiger charge is -2.34. The molecule has 1 N–H and O–H groups in total. The molecule has 32 heavy (non-hydrogen) atoms. The first-order chi connectivity index (χ1) is 14.8. The minimum absolute atomic E-state index is 0.127. The van der Waals surface area contributed by atoms with Gasteiger partial charge in [-0.05, 0) is 54.7 Å². The van der Waals surface area contributed by atoms with Gasteiger partial charge in [0.2, 0.25) is 10.0 Å². The lowest BCUT2D eigenvalue weighted by molar-refractivity contribution is -0.136. The zero-order valence-corrected chi connectivity index (χ0v) is 18.8. The van der Waals surface area contributed by atoms with Crippen molar-refractivity contribution in [1.29, 1.82) is 0 Å². The Morgan fingerprint density at radius 1 is 1.09 bits per heavy atom. The summed E-state index contributed by atoms with van der Waals surface area (Å²) in [6.07, 6.45) is -3.95. The molecule has 0 aromatic heterocycles. The summed E-state index contributed by atoms with van der Waals surface area (Å²) in [6, 6.07) is 5.40. The molecule has 1 heterocycles. The van der Waals surface area contributed by atoms with Crippen molar-refractivity contribution in [3.8, 4) is 0 Å². The van der Waals surface area contributed by atoms with E-state index >= 15 is 0 Å². The zero-order chi connectivity index (χ0) is 23.8. The molecule has 0 saturated carbocycles. The van der Waals surface area contributed by atoms with Crippen molar-refractivity contribution in [3.63, 3.8) is 0 Å². The molecule has 1 saturated heterocycles. The second-order valence-corrected chi connectivity index (χ2v) is 10.4. The molecule has 1 aliphatic rings. The van der Waals surface area contributed by atoms with Gasteiger partial charge in [0, 0.05) is 18.1 Å². The third-order valence-electron chi connectivity index (χ3n) is 5.19. The van der Waals surface area contributed by atoms with Gasteiger partial charge in [-0.15, -0.1) is 0 Å². The SMILES string of the molecule is C[C@@H]1C[C@H](C)CN(S(=O)(=O)c2ccc(F)c(C(=O)Nc3ccc(Cl)cc3C(F)(F)F)c2)C1. The van der Waals surface area contributed by atoms with Crippen LogP contribution in [0.5, 0.6) is 0 Å². The number of sulfonamides is 1. The van der Waals surface area contributed by atoms with Gasteiger partial charge in [-0.2, -0.15) is 17.5 Å². The van der Waals surface area contributed by atoms with Crippen molar-refractivity contribution >= 4 is 33.2 Å². The van der Waals surface area contributed by atoms with Crippen LogP contribution in [0.15, 0.2) is 41.3 Å². The molecule has 11 heteroatoms. The van der Waals surface area contributed by atoms with Gasteiger partial charge in [0.1, 0.15) is 5.82 Å². The van der Waals surface area contributed by atoms with E-state index in [0.29, 0.717) is 6.07 Å². The van der Waals surface area contributed by atoms with Gasteiger partial charge in [-0.1, -0.05) is 25.4 Å². The molecule has 5 nitrogen and oxygen atoms in total. The summed E-state index contributed by atoms with van der Waals surface area (Å²) >= 11 is 5.62. The van der Waals surface area contributed by atoms with Crippen LogP contribution in [-0.4, -0.2) is 31.7 Å². The molecule has 0 radical (unpaired) electrons. The molecule has 2 aromatic carbocycles. The van der Waals surface area contributed by atoms with Crippen LogP contribution in [0.3, 0.4) is 0 Å². The van der Waals surface area contributed by atoms with Crippen LogP contribution in [0, 0.1) is 17.7 Å². The molecular formula is C21H21ClF4N2O3S. The number of nitrogens with zero attached hydrogens (tertiary/aromatic N) is 1. The Balaban J connectivity index is 1.94. The van der Waals surface area contributed by atoms with Crippen LogP contribution < -0.4 is 5.32 Å². The highest BCUT2D eigenvalue weighted by atomic mass is 35.5. The number of halogens is 5. The molecule has 174 valence electrons. The van der Waals surface area contributed by atoms with E-state index in [-0.39, 0.29) is 34.8 Å². The largest absolute Gasteiger partial charge is 0.418 e. The van der Waals surface area contributed by atoms with Gasteiger partial charge in [-0.25, -0.2) is 12.8 Å². The van der Waals surface area contributed by atoms with E-state index in [2.05, 4.69) is 0 Å². The number of carbonyl (C=O) groups is 1. The number of anilines is 1. The quantitative estimate of drug-likeness (QED) is 0.580.